The van der Waals surface area contributed by atoms with Crippen molar-refractivity contribution in [2.45, 2.75) is 146 Å². The molecular formula is C40H48O16. The van der Waals surface area contributed by atoms with Gasteiger partial charge in [0.25, 0.3) is 0 Å². The number of aromatic hydroxyl groups is 3. The summed E-state index contributed by atoms with van der Waals surface area (Å²) in [5.41, 5.74) is -3.50. The molecule has 0 aromatic heterocycles. The number of rotatable bonds is 8. The van der Waals surface area contributed by atoms with Crippen LogP contribution in [0.2, 0.25) is 0 Å². The lowest BCUT2D eigenvalue weighted by molar-refractivity contribution is -0.317. The Morgan fingerprint density at radius 3 is 2.14 bits per heavy atom. The minimum Gasteiger partial charge on any atom is -0.507 e. The highest BCUT2D eigenvalue weighted by atomic mass is 16.7. The second kappa shape index (κ2) is 15.4. The largest absolute Gasteiger partial charge is 0.507 e. The molecule has 3 saturated heterocycles. The number of hydrogen-bond donors (Lipinski definition) is 5. The number of methoxy groups -OCH3 is 1. The maximum atomic E-state index is 13.8. The van der Waals surface area contributed by atoms with Crippen molar-refractivity contribution in [1.82, 2.24) is 0 Å². The predicted octanol–water partition coefficient (Wildman–Crippen LogP) is 3.32. The zero-order valence-electron chi connectivity index (χ0n) is 31.8. The van der Waals surface area contributed by atoms with Gasteiger partial charge in [0, 0.05) is 43.2 Å². The van der Waals surface area contributed by atoms with Crippen LogP contribution in [0.1, 0.15) is 128 Å². The third-order valence-corrected chi connectivity index (χ3v) is 11.8. The van der Waals surface area contributed by atoms with Crippen LogP contribution < -0.4 is 0 Å². The third-order valence-electron chi connectivity index (χ3n) is 11.8. The van der Waals surface area contributed by atoms with Crippen molar-refractivity contribution in [3.63, 3.8) is 0 Å². The van der Waals surface area contributed by atoms with Crippen LogP contribution in [-0.2, 0) is 42.7 Å². The summed E-state index contributed by atoms with van der Waals surface area (Å²) in [6.45, 7) is 6.87. The normalized spacial score (nSPS) is 35.7. The molecule has 56 heavy (non-hydrogen) atoms. The van der Waals surface area contributed by atoms with E-state index in [1.54, 1.807) is 27.7 Å². The summed E-state index contributed by atoms with van der Waals surface area (Å²) in [7, 11) is 1.14. The van der Waals surface area contributed by atoms with Gasteiger partial charge in [-0.2, -0.15) is 0 Å². The smallest absolute Gasteiger partial charge is 0.316 e. The predicted molar refractivity (Wildman–Crippen MR) is 190 cm³/mol. The van der Waals surface area contributed by atoms with E-state index in [1.807, 2.05) is 0 Å². The Hall–Kier alpha value is -4.00. The van der Waals surface area contributed by atoms with Gasteiger partial charge in [0.15, 0.2) is 30.4 Å². The summed E-state index contributed by atoms with van der Waals surface area (Å²) in [5, 5.41) is 55.9. The van der Waals surface area contributed by atoms with E-state index in [9.17, 15) is 44.7 Å². The lowest BCUT2D eigenvalue weighted by Gasteiger charge is -2.45. The van der Waals surface area contributed by atoms with E-state index in [1.165, 1.54) is 6.07 Å². The fourth-order valence-electron chi connectivity index (χ4n) is 8.75. The number of phenolic OH excluding ortho intramolecular Hbond substituents is 3. The first-order valence-electron chi connectivity index (χ1n) is 19.0. The van der Waals surface area contributed by atoms with E-state index >= 15 is 0 Å². The van der Waals surface area contributed by atoms with Crippen LogP contribution in [-0.4, -0.2) is 117 Å². The summed E-state index contributed by atoms with van der Waals surface area (Å²) in [5.74, 6) is -5.83. The molecule has 5 aliphatic rings. The van der Waals surface area contributed by atoms with Crippen LogP contribution in [0.15, 0.2) is 18.2 Å². The first-order chi connectivity index (χ1) is 26.6. The standard InChI is InChI=1S/C40H48O16/c1-6-40(49)15-26(30-19(34(40)39(48)50-5)13-20-31(36(30)46)37(47)33-23(43)8-7-22(42)32(33)35(20)45)55-27-12-10-25(17(3)52-27)54-29-14-24(44)38(18(4)53-29)56-28-11-9-21(41)16(2)51-28/h7-8,13,16-18,24-29,34,38,42-44,46,49H,6,9-12,14-15H2,1-5H3/t16-,17+,18-,24-,25+,26+,27+,28+,29+,34-,38+,40-/m1/s1. The van der Waals surface area contributed by atoms with E-state index in [-0.39, 0.29) is 48.2 Å². The summed E-state index contributed by atoms with van der Waals surface area (Å²) in [6, 6.07) is 3.37. The molecule has 3 heterocycles. The van der Waals surface area contributed by atoms with Gasteiger partial charge in [-0.3, -0.25) is 19.2 Å². The van der Waals surface area contributed by atoms with Crippen molar-refractivity contribution in [1.29, 1.82) is 0 Å². The van der Waals surface area contributed by atoms with E-state index in [4.69, 9.17) is 33.2 Å². The zero-order chi connectivity index (χ0) is 40.4. The molecule has 2 aliphatic carbocycles. The lowest BCUT2D eigenvalue weighted by Crippen LogP contribution is -2.53. The molecule has 0 unspecified atom stereocenters. The molecule has 0 saturated carbocycles. The van der Waals surface area contributed by atoms with Crippen LogP contribution in [0.5, 0.6) is 17.2 Å². The van der Waals surface area contributed by atoms with Gasteiger partial charge in [0.1, 0.15) is 35.4 Å². The molecule has 3 aliphatic heterocycles. The number of ether oxygens (including phenoxy) is 7. The van der Waals surface area contributed by atoms with Gasteiger partial charge >= 0.3 is 5.97 Å². The minimum atomic E-state index is -1.78. The van der Waals surface area contributed by atoms with Crippen LogP contribution >= 0.6 is 0 Å². The Bertz CT molecular complexity index is 1900. The topological polar surface area (TPSA) is 234 Å². The molecule has 3 fully saturated rings. The summed E-state index contributed by atoms with van der Waals surface area (Å²) < 4.78 is 41.8. The maximum Gasteiger partial charge on any atom is 0.316 e. The molecule has 12 atom stereocenters. The fraction of sp³-hybridized carbons (Fsp3) is 0.600. The van der Waals surface area contributed by atoms with Gasteiger partial charge in [0.2, 0.25) is 5.78 Å². The highest BCUT2D eigenvalue weighted by Crippen LogP contribution is 2.54. The molecule has 0 spiro atoms. The highest BCUT2D eigenvalue weighted by molar-refractivity contribution is 6.31. The number of Topliss-reactive ketones (excluding diaryl/α,β-unsaturated/α-hetero) is 1. The molecule has 0 radical (unpaired) electrons. The van der Waals surface area contributed by atoms with Crippen LogP contribution in [0.3, 0.4) is 0 Å². The van der Waals surface area contributed by atoms with Crippen LogP contribution in [0, 0.1) is 0 Å². The van der Waals surface area contributed by atoms with Crippen molar-refractivity contribution in [2.75, 3.05) is 7.11 Å². The fourth-order valence-corrected chi connectivity index (χ4v) is 8.75. The summed E-state index contributed by atoms with van der Waals surface area (Å²) >= 11 is 0. The molecule has 2 aromatic carbocycles. The number of carbonyl (C=O) groups excluding carboxylic acids is 4. The van der Waals surface area contributed by atoms with E-state index < -0.39 is 125 Å². The molecule has 0 bridgehead atoms. The van der Waals surface area contributed by atoms with Crippen molar-refractivity contribution in [3.8, 4) is 17.2 Å². The average Bonchev–Trinajstić information content (AvgIpc) is 3.15. The second-order valence-corrected chi connectivity index (χ2v) is 15.3. The van der Waals surface area contributed by atoms with Crippen molar-refractivity contribution < 1.29 is 77.9 Å². The average molecular weight is 785 g/mol. The third kappa shape index (κ3) is 7.00. The molecule has 0 amide bonds. The van der Waals surface area contributed by atoms with Crippen molar-refractivity contribution in [3.05, 3.63) is 51.6 Å². The zero-order valence-corrected chi connectivity index (χ0v) is 31.8. The Balaban J connectivity index is 1.09. The Morgan fingerprint density at radius 1 is 0.857 bits per heavy atom. The molecule has 2 aromatic rings. The number of esters is 1. The maximum absolute atomic E-state index is 13.8. The molecule has 16 heteroatoms. The Labute approximate surface area is 322 Å². The number of ketones is 3. The van der Waals surface area contributed by atoms with Crippen LogP contribution in [0.25, 0.3) is 0 Å². The highest BCUT2D eigenvalue weighted by Gasteiger charge is 2.53. The molecule has 16 nitrogen and oxygen atoms in total. The number of aliphatic hydroxyl groups is 2. The number of aliphatic hydroxyl groups excluding tert-OH is 1. The van der Waals surface area contributed by atoms with Gasteiger partial charge in [-0.25, -0.2) is 0 Å². The van der Waals surface area contributed by atoms with Gasteiger partial charge < -0.3 is 58.7 Å². The van der Waals surface area contributed by atoms with Crippen LogP contribution in [0.4, 0.5) is 0 Å². The summed E-state index contributed by atoms with van der Waals surface area (Å²) in [4.78, 5) is 52.8. The van der Waals surface area contributed by atoms with Gasteiger partial charge in [-0.1, -0.05) is 6.92 Å². The van der Waals surface area contributed by atoms with E-state index in [2.05, 4.69) is 0 Å². The molecule has 5 N–H and O–H groups in total. The molecule has 304 valence electrons. The quantitative estimate of drug-likeness (QED) is 0.163. The van der Waals surface area contributed by atoms with Gasteiger partial charge in [0.05, 0.1) is 59.9 Å². The molecule has 7 rings (SSSR count). The van der Waals surface area contributed by atoms with E-state index in [0.717, 1.165) is 19.2 Å². The van der Waals surface area contributed by atoms with Gasteiger partial charge in [-0.05, 0) is 57.4 Å². The Kier molecular flexibility index (Phi) is 11.1. The van der Waals surface area contributed by atoms with Crippen molar-refractivity contribution >= 4 is 23.3 Å². The molecular weight excluding hydrogens is 736 g/mol. The van der Waals surface area contributed by atoms with E-state index in [0.29, 0.717) is 19.3 Å². The number of hydrogen-bond acceptors (Lipinski definition) is 16. The minimum absolute atomic E-state index is 0.00305. The monoisotopic (exact) mass is 784 g/mol. The first-order valence-corrected chi connectivity index (χ1v) is 19.0. The summed E-state index contributed by atoms with van der Waals surface area (Å²) in [6.07, 6.45) is -5.95. The SMILES string of the molecule is CC[C@@]1(O)C[C@H](O[C@H]2CC[C@H](O[C@H]3C[C@@H](O)[C@@H](O[C@H]4CCC(=O)[C@@H](C)O4)[C@@H](C)O3)[C@H](C)O2)c2c(cc3c(c2O)C(=O)c2c(O)ccc(O)c2C3=O)[C@@H]1C(=O)OC. The Morgan fingerprint density at radius 2 is 1.52 bits per heavy atom. The number of fused-ring (bicyclic) bond motifs is 3. The second-order valence-electron chi connectivity index (χ2n) is 15.3. The lowest BCUT2D eigenvalue weighted by atomic mass is 9.67. The number of benzene rings is 2. The van der Waals surface area contributed by atoms with Crippen molar-refractivity contribution in [2.24, 2.45) is 0 Å². The number of phenols is 3. The first kappa shape index (κ1) is 40.2. The number of carbonyl (C=O) groups is 4. The van der Waals surface area contributed by atoms with Gasteiger partial charge in [-0.15, -0.1) is 0 Å².